The van der Waals surface area contributed by atoms with E-state index in [4.69, 9.17) is 0 Å². The van der Waals surface area contributed by atoms with E-state index in [1.54, 1.807) is 6.92 Å². The lowest BCUT2D eigenvalue weighted by atomic mass is 9.85. The zero-order valence-electron chi connectivity index (χ0n) is 8.18. The zero-order chi connectivity index (χ0) is 8.85. The van der Waals surface area contributed by atoms with Gasteiger partial charge in [0.25, 0.3) is 0 Å². The van der Waals surface area contributed by atoms with E-state index in [1.807, 2.05) is 0 Å². The molecule has 0 aromatic heterocycles. The lowest BCUT2D eigenvalue weighted by Gasteiger charge is -2.18. The van der Waals surface area contributed by atoms with Gasteiger partial charge in [-0.25, -0.2) is 0 Å². The third-order valence-corrected chi connectivity index (χ3v) is 2.45. The first-order valence-corrected chi connectivity index (χ1v) is 4.63. The molecule has 0 aliphatic carbocycles. The van der Waals surface area contributed by atoms with Gasteiger partial charge >= 0.3 is 0 Å². The van der Waals surface area contributed by atoms with Crippen LogP contribution in [0, 0.1) is 11.8 Å². The molecule has 0 aromatic rings. The number of rotatable bonds is 5. The van der Waals surface area contributed by atoms with E-state index in [0.717, 1.165) is 19.3 Å². The Morgan fingerprint density at radius 2 is 1.91 bits per heavy atom. The molecule has 0 aromatic carbocycles. The molecule has 0 saturated heterocycles. The first-order valence-electron chi connectivity index (χ1n) is 4.63. The van der Waals surface area contributed by atoms with Gasteiger partial charge in [0.1, 0.15) is 5.78 Å². The van der Waals surface area contributed by atoms with Gasteiger partial charge < -0.3 is 0 Å². The second kappa shape index (κ2) is 5.34. The van der Waals surface area contributed by atoms with Crippen LogP contribution in [0.2, 0.25) is 0 Å². The highest BCUT2D eigenvalue weighted by molar-refractivity contribution is 5.78. The number of carbonyl (C=O) groups excluding carboxylic acids is 1. The molecule has 11 heavy (non-hydrogen) atoms. The Labute approximate surface area is 70.2 Å². The van der Waals surface area contributed by atoms with E-state index in [0.29, 0.717) is 17.6 Å². The average Bonchev–Trinajstić information content (AvgIpc) is 1.98. The van der Waals surface area contributed by atoms with E-state index < -0.39 is 0 Å². The second-order valence-corrected chi connectivity index (χ2v) is 3.39. The number of hydrogen-bond donors (Lipinski definition) is 0. The summed E-state index contributed by atoms with van der Waals surface area (Å²) < 4.78 is 0. The van der Waals surface area contributed by atoms with Crippen LogP contribution < -0.4 is 0 Å². The fourth-order valence-corrected chi connectivity index (χ4v) is 1.48. The molecule has 66 valence electrons. The minimum Gasteiger partial charge on any atom is -0.300 e. The van der Waals surface area contributed by atoms with Gasteiger partial charge in [-0.3, -0.25) is 4.79 Å². The highest BCUT2D eigenvalue weighted by atomic mass is 16.1. The Morgan fingerprint density at radius 1 is 1.36 bits per heavy atom. The van der Waals surface area contributed by atoms with Gasteiger partial charge in [0.2, 0.25) is 0 Å². The van der Waals surface area contributed by atoms with Crippen LogP contribution in [0.3, 0.4) is 0 Å². The number of ketones is 1. The highest BCUT2D eigenvalue weighted by Gasteiger charge is 2.18. The maximum Gasteiger partial charge on any atom is 0.133 e. The van der Waals surface area contributed by atoms with Crippen LogP contribution in [0.1, 0.15) is 47.0 Å². The maximum absolute atomic E-state index is 11.1. The fourth-order valence-electron chi connectivity index (χ4n) is 1.48. The smallest absolute Gasteiger partial charge is 0.133 e. The van der Waals surface area contributed by atoms with Crippen molar-refractivity contribution in [3.05, 3.63) is 0 Å². The Hall–Kier alpha value is -0.330. The minimum absolute atomic E-state index is 0.310. The predicted octanol–water partition coefficient (Wildman–Crippen LogP) is 3.04. The molecule has 0 aliphatic rings. The standard InChI is InChI=1S/C10H20O/c1-5-7-10(9(4)11)8(3)6-2/h8,10H,5-7H2,1-4H3. The molecule has 0 aliphatic heterocycles. The third kappa shape index (κ3) is 3.54. The van der Waals surface area contributed by atoms with Crippen LogP contribution >= 0.6 is 0 Å². The van der Waals surface area contributed by atoms with Gasteiger partial charge in [-0.2, -0.15) is 0 Å². The topological polar surface area (TPSA) is 17.1 Å². The Kier molecular flexibility index (Phi) is 5.18. The van der Waals surface area contributed by atoms with Gasteiger partial charge in [-0.1, -0.05) is 33.6 Å². The molecule has 0 rings (SSSR count). The molecule has 0 saturated carbocycles. The molecular formula is C10H20O. The van der Waals surface area contributed by atoms with Crippen molar-refractivity contribution < 1.29 is 4.79 Å². The molecular weight excluding hydrogens is 136 g/mol. The van der Waals surface area contributed by atoms with Gasteiger partial charge in [0.15, 0.2) is 0 Å². The van der Waals surface area contributed by atoms with Crippen LogP contribution in [-0.4, -0.2) is 5.78 Å². The quantitative estimate of drug-likeness (QED) is 0.598. The lowest BCUT2D eigenvalue weighted by molar-refractivity contribution is -0.122. The third-order valence-electron chi connectivity index (χ3n) is 2.45. The van der Waals surface area contributed by atoms with E-state index in [9.17, 15) is 4.79 Å². The molecule has 2 atom stereocenters. The van der Waals surface area contributed by atoms with Crippen molar-refractivity contribution in [3.8, 4) is 0 Å². The summed E-state index contributed by atoms with van der Waals surface area (Å²) in [7, 11) is 0. The Morgan fingerprint density at radius 3 is 2.18 bits per heavy atom. The van der Waals surface area contributed by atoms with Crippen molar-refractivity contribution in [1.82, 2.24) is 0 Å². The average molecular weight is 156 g/mol. The van der Waals surface area contributed by atoms with Crippen LogP contribution in [0.5, 0.6) is 0 Å². The summed E-state index contributed by atoms with van der Waals surface area (Å²) in [5.74, 6) is 1.23. The highest BCUT2D eigenvalue weighted by Crippen LogP contribution is 2.20. The fraction of sp³-hybridized carbons (Fsp3) is 0.900. The van der Waals surface area contributed by atoms with Crippen molar-refractivity contribution in [2.45, 2.75) is 47.0 Å². The van der Waals surface area contributed by atoms with Crippen LogP contribution in [0.4, 0.5) is 0 Å². The molecule has 2 unspecified atom stereocenters. The monoisotopic (exact) mass is 156 g/mol. The summed E-state index contributed by atoms with van der Waals surface area (Å²) in [6.45, 7) is 8.17. The SMILES string of the molecule is CCCC(C(C)=O)C(C)CC. The summed E-state index contributed by atoms with van der Waals surface area (Å²) >= 11 is 0. The summed E-state index contributed by atoms with van der Waals surface area (Å²) in [5.41, 5.74) is 0. The van der Waals surface area contributed by atoms with Gasteiger partial charge in [0, 0.05) is 5.92 Å². The molecule has 0 radical (unpaired) electrons. The molecule has 0 bridgehead atoms. The Balaban J connectivity index is 3.97. The summed E-state index contributed by atoms with van der Waals surface area (Å²) in [6.07, 6.45) is 3.29. The summed E-state index contributed by atoms with van der Waals surface area (Å²) in [4.78, 5) is 11.1. The predicted molar refractivity (Wildman–Crippen MR) is 48.5 cm³/mol. The van der Waals surface area contributed by atoms with Crippen LogP contribution in [0.25, 0.3) is 0 Å². The Bertz CT molecular complexity index is 118. The first-order chi connectivity index (χ1) is 5.13. The van der Waals surface area contributed by atoms with E-state index in [2.05, 4.69) is 20.8 Å². The molecule has 0 amide bonds. The number of carbonyl (C=O) groups is 1. The summed E-state index contributed by atoms with van der Waals surface area (Å²) in [5, 5.41) is 0. The van der Waals surface area contributed by atoms with E-state index in [1.165, 1.54) is 0 Å². The second-order valence-electron chi connectivity index (χ2n) is 3.39. The van der Waals surface area contributed by atoms with E-state index >= 15 is 0 Å². The van der Waals surface area contributed by atoms with Crippen LogP contribution in [0.15, 0.2) is 0 Å². The molecule has 0 fully saturated rings. The van der Waals surface area contributed by atoms with Gasteiger partial charge in [-0.05, 0) is 19.3 Å². The molecule has 1 nitrogen and oxygen atoms in total. The van der Waals surface area contributed by atoms with Crippen molar-refractivity contribution in [2.24, 2.45) is 11.8 Å². The molecule has 0 heterocycles. The van der Waals surface area contributed by atoms with Gasteiger partial charge in [-0.15, -0.1) is 0 Å². The van der Waals surface area contributed by atoms with Crippen molar-refractivity contribution >= 4 is 5.78 Å². The van der Waals surface area contributed by atoms with Crippen molar-refractivity contribution in [1.29, 1.82) is 0 Å². The summed E-state index contributed by atoms with van der Waals surface area (Å²) in [6, 6.07) is 0. The molecule has 1 heteroatoms. The lowest BCUT2D eigenvalue weighted by Crippen LogP contribution is -2.18. The molecule has 0 spiro atoms. The number of Topliss-reactive ketones (excluding diaryl/α,β-unsaturated/α-hetero) is 1. The van der Waals surface area contributed by atoms with Crippen molar-refractivity contribution in [2.75, 3.05) is 0 Å². The largest absolute Gasteiger partial charge is 0.300 e. The van der Waals surface area contributed by atoms with Gasteiger partial charge in [0.05, 0.1) is 0 Å². The number of hydrogen-bond acceptors (Lipinski definition) is 1. The normalized spacial score (nSPS) is 16.0. The minimum atomic E-state index is 0.310. The maximum atomic E-state index is 11.1. The zero-order valence-corrected chi connectivity index (χ0v) is 8.18. The van der Waals surface area contributed by atoms with Crippen LogP contribution in [-0.2, 0) is 4.79 Å². The first kappa shape index (κ1) is 10.7. The van der Waals surface area contributed by atoms with Crippen molar-refractivity contribution in [3.63, 3.8) is 0 Å². The molecule has 0 N–H and O–H groups in total. The van der Waals surface area contributed by atoms with E-state index in [-0.39, 0.29) is 0 Å².